The highest BCUT2D eigenvalue weighted by Crippen LogP contribution is 2.16. The first-order chi connectivity index (χ1) is 12.5. The average Bonchev–Trinajstić information content (AvgIpc) is 2.64. The van der Waals surface area contributed by atoms with Crippen molar-refractivity contribution in [3.63, 3.8) is 0 Å². The van der Waals surface area contributed by atoms with Crippen LogP contribution in [0, 0.1) is 17.1 Å². The number of benzene rings is 2. The van der Waals surface area contributed by atoms with E-state index in [1.54, 1.807) is 17.0 Å². The lowest BCUT2D eigenvalue weighted by Gasteiger charge is -2.25. The molecule has 2 aromatic rings. The van der Waals surface area contributed by atoms with E-state index in [-0.39, 0.29) is 24.7 Å². The highest BCUT2D eigenvalue weighted by molar-refractivity contribution is 5.94. The molecule has 0 saturated heterocycles. The van der Waals surface area contributed by atoms with Crippen molar-refractivity contribution in [2.45, 2.75) is 26.3 Å². The Morgan fingerprint density at radius 1 is 1.08 bits per heavy atom. The Bertz CT molecular complexity index is 750. The molecule has 0 radical (unpaired) electrons. The van der Waals surface area contributed by atoms with E-state index < -0.39 is 0 Å². The summed E-state index contributed by atoms with van der Waals surface area (Å²) in [6.45, 7) is 3.29. The van der Waals surface area contributed by atoms with E-state index in [0.717, 1.165) is 12.0 Å². The molecule has 0 unspecified atom stereocenters. The van der Waals surface area contributed by atoms with Crippen LogP contribution in [-0.2, 0) is 17.8 Å². The molecule has 0 aliphatic rings. The van der Waals surface area contributed by atoms with Gasteiger partial charge in [0.25, 0.3) is 0 Å². The zero-order valence-corrected chi connectivity index (χ0v) is 15.3. The van der Waals surface area contributed by atoms with Crippen molar-refractivity contribution >= 4 is 11.6 Å². The Labute approximate surface area is 154 Å². The third-order valence-electron chi connectivity index (χ3n) is 4.18. The summed E-state index contributed by atoms with van der Waals surface area (Å²) in [5, 5.41) is 8.85. The molecule has 0 bridgehead atoms. The second-order valence-corrected chi connectivity index (χ2v) is 6.27. The number of amides is 1. The van der Waals surface area contributed by atoms with Crippen LogP contribution in [0.4, 0.5) is 10.1 Å². The van der Waals surface area contributed by atoms with E-state index in [1.807, 2.05) is 11.9 Å². The van der Waals surface area contributed by atoms with Crippen molar-refractivity contribution in [2.24, 2.45) is 0 Å². The molecule has 0 fully saturated rings. The smallest absolute Gasteiger partial charge is 0.241 e. The number of nitriles is 1. The highest BCUT2D eigenvalue weighted by Gasteiger charge is 2.17. The molecule has 0 spiro atoms. The average molecular weight is 353 g/mol. The molecule has 4 nitrogen and oxygen atoms in total. The molecule has 0 aromatic heterocycles. The van der Waals surface area contributed by atoms with Crippen molar-refractivity contribution in [1.82, 2.24) is 4.90 Å². The fourth-order valence-electron chi connectivity index (χ4n) is 2.74. The summed E-state index contributed by atoms with van der Waals surface area (Å²) in [6.07, 6.45) is 1.23. The molecule has 0 atom stereocenters. The van der Waals surface area contributed by atoms with Gasteiger partial charge in [0.05, 0.1) is 19.0 Å². The first-order valence-corrected chi connectivity index (χ1v) is 8.72. The Balaban J connectivity index is 2.02. The fourth-order valence-corrected chi connectivity index (χ4v) is 2.74. The van der Waals surface area contributed by atoms with Crippen molar-refractivity contribution in [3.8, 4) is 6.07 Å². The normalized spacial score (nSPS) is 10.6. The van der Waals surface area contributed by atoms with Crippen molar-refractivity contribution in [1.29, 1.82) is 5.26 Å². The summed E-state index contributed by atoms with van der Waals surface area (Å²) in [4.78, 5) is 16.2. The molecular formula is C21H24FN3O. The lowest BCUT2D eigenvalue weighted by Crippen LogP contribution is -2.39. The topological polar surface area (TPSA) is 47.3 Å². The summed E-state index contributed by atoms with van der Waals surface area (Å²) in [6, 6.07) is 16.2. The van der Waals surface area contributed by atoms with Crippen molar-refractivity contribution in [2.75, 3.05) is 25.0 Å². The van der Waals surface area contributed by atoms with E-state index in [2.05, 4.69) is 37.3 Å². The number of hydrogen-bond donors (Lipinski definition) is 0. The van der Waals surface area contributed by atoms with Crippen LogP contribution in [0.15, 0.2) is 48.5 Å². The predicted molar refractivity (Wildman–Crippen MR) is 101 cm³/mol. The summed E-state index contributed by atoms with van der Waals surface area (Å²) in [7, 11) is 1.89. The van der Waals surface area contributed by atoms with Crippen LogP contribution >= 0.6 is 0 Å². The van der Waals surface area contributed by atoms with Gasteiger partial charge in [0, 0.05) is 18.8 Å². The Morgan fingerprint density at radius 3 is 2.27 bits per heavy atom. The first-order valence-electron chi connectivity index (χ1n) is 8.72. The number of anilines is 1. The van der Waals surface area contributed by atoms with Gasteiger partial charge in [-0.1, -0.05) is 31.2 Å². The van der Waals surface area contributed by atoms with E-state index in [1.165, 1.54) is 17.7 Å². The van der Waals surface area contributed by atoms with Crippen molar-refractivity contribution < 1.29 is 9.18 Å². The number of nitrogens with zero attached hydrogens (tertiary/aromatic N) is 3. The van der Waals surface area contributed by atoms with Crippen LogP contribution < -0.4 is 4.90 Å². The predicted octanol–water partition coefficient (Wildman–Crippen LogP) is 3.77. The van der Waals surface area contributed by atoms with Gasteiger partial charge in [-0.2, -0.15) is 5.26 Å². The molecule has 1 amide bonds. The Morgan fingerprint density at radius 2 is 1.69 bits per heavy atom. The number of carbonyl (C=O) groups excluding carboxylic acids is 1. The lowest BCUT2D eigenvalue weighted by atomic mass is 10.1. The second-order valence-electron chi connectivity index (χ2n) is 6.27. The minimum atomic E-state index is -0.353. The Kier molecular flexibility index (Phi) is 7.31. The van der Waals surface area contributed by atoms with Gasteiger partial charge in [-0.25, -0.2) is 4.39 Å². The molecule has 0 aliphatic carbocycles. The van der Waals surface area contributed by atoms with E-state index in [0.29, 0.717) is 18.8 Å². The maximum Gasteiger partial charge on any atom is 0.241 e. The Hall–Kier alpha value is -2.71. The summed E-state index contributed by atoms with van der Waals surface area (Å²) in [5.41, 5.74) is 3.03. The lowest BCUT2D eigenvalue weighted by molar-refractivity contribution is -0.119. The number of hydrogen-bond acceptors (Lipinski definition) is 3. The van der Waals surface area contributed by atoms with Crippen molar-refractivity contribution in [3.05, 3.63) is 65.5 Å². The minimum Gasteiger partial charge on any atom is -0.310 e. The molecule has 26 heavy (non-hydrogen) atoms. The number of carbonyl (C=O) groups is 1. The largest absolute Gasteiger partial charge is 0.310 e. The number of rotatable bonds is 8. The zero-order valence-electron chi connectivity index (χ0n) is 15.3. The van der Waals surface area contributed by atoms with Gasteiger partial charge in [0.15, 0.2) is 0 Å². The summed E-state index contributed by atoms with van der Waals surface area (Å²) >= 11 is 0. The summed E-state index contributed by atoms with van der Waals surface area (Å²) < 4.78 is 13.1. The summed E-state index contributed by atoms with van der Waals surface area (Å²) in [5.74, 6) is -0.464. The maximum atomic E-state index is 13.1. The third kappa shape index (κ3) is 5.68. The molecule has 2 rings (SSSR count). The molecule has 136 valence electrons. The van der Waals surface area contributed by atoms with E-state index in [9.17, 15) is 9.18 Å². The zero-order chi connectivity index (χ0) is 18.9. The second kappa shape index (κ2) is 9.69. The van der Waals surface area contributed by atoms with Gasteiger partial charge >= 0.3 is 0 Å². The van der Waals surface area contributed by atoms with Gasteiger partial charge < -0.3 is 4.90 Å². The van der Waals surface area contributed by atoms with Gasteiger partial charge in [-0.05, 0) is 48.9 Å². The molecule has 5 heteroatoms. The quantitative estimate of drug-likeness (QED) is 0.726. The van der Waals surface area contributed by atoms with Crippen LogP contribution in [0.2, 0.25) is 0 Å². The van der Waals surface area contributed by atoms with Crippen LogP contribution in [0.3, 0.4) is 0 Å². The van der Waals surface area contributed by atoms with E-state index in [4.69, 9.17) is 5.26 Å². The first kappa shape index (κ1) is 19.6. The highest BCUT2D eigenvalue weighted by atomic mass is 19.1. The van der Waals surface area contributed by atoms with Crippen LogP contribution in [0.1, 0.15) is 24.5 Å². The molecule has 2 aromatic carbocycles. The van der Waals surface area contributed by atoms with Crippen LogP contribution in [-0.4, -0.2) is 30.9 Å². The molecule has 0 N–H and O–H groups in total. The van der Waals surface area contributed by atoms with Gasteiger partial charge in [-0.15, -0.1) is 0 Å². The SMILES string of the molecule is CCc1ccc(CN(C)CC(=O)N(CCC#N)c2ccc(F)cc2)cc1. The molecule has 0 saturated carbocycles. The third-order valence-corrected chi connectivity index (χ3v) is 4.18. The van der Waals surface area contributed by atoms with Crippen LogP contribution in [0.5, 0.6) is 0 Å². The van der Waals surface area contributed by atoms with Gasteiger partial charge in [0.2, 0.25) is 5.91 Å². The molecular weight excluding hydrogens is 329 g/mol. The van der Waals surface area contributed by atoms with E-state index >= 15 is 0 Å². The number of likely N-dealkylation sites (N-methyl/N-ethyl adjacent to an activating group) is 1. The molecule has 0 heterocycles. The fraction of sp³-hybridized carbons (Fsp3) is 0.333. The number of halogens is 1. The standard InChI is InChI=1S/C21H24FN3O/c1-3-17-5-7-18(8-6-17)15-24(2)16-21(26)25(14-4-13-23)20-11-9-19(22)10-12-20/h5-12H,3-4,14-16H2,1-2H3. The minimum absolute atomic E-state index is 0.112. The monoisotopic (exact) mass is 353 g/mol. The van der Waals surface area contributed by atoms with Gasteiger partial charge in [-0.3, -0.25) is 9.69 Å². The maximum absolute atomic E-state index is 13.1. The molecule has 0 aliphatic heterocycles. The number of aryl methyl sites for hydroxylation is 1. The van der Waals surface area contributed by atoms with Gasteiger partial charge in [0.1, 0.15) is 5.82 Å². The van der Waals surface area contributed by atoms with Crippen LogP contribution in [0.25, 0.3) is 0 Å².